The number of nitrogens with zero attached hydrogens (tertiary/aromatic N) is 1. The van der Waals surface area contributed by atoms with E-state index < -0.39 is 5.91 Å². The Morgan fingerprint density at radius 1 is 1.11 bits per heavy atom. The van der Waals surface area contributed by atoms with Gasteiger partial charge in [0, 0.05) is 16.3 Å². The molecule has 4 bridgehead atoms. The molecule has 0 heterocycles. The number of carbonyl (C=O) groups is 2. The van der Waals surface area contributed by atoms with Gasteiger partial charge in [-0.15, -0.1) is 0 Å². The van der Waals surface area contributed by atoms with Crippen LogP contribution in [0.15, 0.2) is 23.3 Å². The van der Waals surface area contributed by atoms with Gasteiger partial charge in [0.05, 0.1) is 17.0 Å². The first kappa shape index (κ1) is 19.7. The van der Waals surface area contributed by atoms with Crippen molar-refractivity contribution in [2.75, 3.05) is 0 Å². The van der Waals surface area contributed by atoms with Crippen LogP contribution in [0.25, 0.3) is 0 Å². The lowest BCUT2D eigenvalue weighted by atomic mass is 9.53. The van der Waals surface area contributed by atoms with Gasteiger partial charge in [-0.05, 0) is 81.4 Å². The van der Waals surface area contributed by atoms with Gasteiger partial charge in [0.25, 0.3) is 5.91 Å². The van der Waals surface area contributed by atoms with E-state index in [2.05, 4.69) is 15.8 Å². The number of carbonyl (C=O) groups excluding carboxylic acids is 2. The summed E-state index contributed by atoms with van der Waals surface area (Å²) in [6.45, 7) is 1.74. The first-order valence-corrected chi connectivity index (χ1v) is 10.7. The summed E-state index contributed by atoms with van der Waals surface area (Å²) >= 11 is 11.9. The van der Waals surface area contributed by atoms with Crippen molar-refractivity contribution in [3.05, 3.63) is 33.8 Å². The normalized spacial score (nSPS) is 31.0. The summed E-state index contributed by atoms with van der Waals surface area (Å²) in [5.41, 5.74) is 3.31. The molecule has 0 saturated heterocycles. The minimum absolute atomic E-state index is 0.00774. The first-order valence-electron chi connectivity index (χ1n) is 9.91. The fraction of sp³-hybridized carbons (Fsp3) is 0.571. The van der Waals surface area contributed by atoms with Crippen molar-refractivity contribution in [3.63, 3.8) is 0 Å². The van der Waals surface area contributed by atoms with Crippen LogP contribution in [0.2, 0.25) is 10.0 Å². The molecule has 0 aromatic heterocycles. The zero-order valence-electron chi connectivity index (χ0n) is 15.9. The fourth-order valence-corrected chi connectivity index (χ4v) is 6.25. The molecule has 5 rings (SSSR count). The highest BCUT2D eigenvalue weighted by atomic mass is 35.5. The van der Waals surface area contributed by atoms with Crippen molar-refractivity contribution >= 4 is 40.7 Å². The summed E-state index contributed by atoms with van der Waals surface area (Å²) in [5.74, 6) is 1.91. The highest BCUT2D eigenvalue weighted by molar-refractivity contribution is 6.36. The molecule has 0 radical (unpaired) electrons. The van der Waals surface area contributed by atoms with E-state index in [1.54, 1.807) is 19.1 Å². The number of amides is 2. The van der Waals surface area contributed by atoms with E-state index in [4.69, 9.17) is 23.2 Å². The maximum atomic E-state index is 12.6. The molecule has 2 N–H and O–H groups in total. The maximum absolute atomic E-state index is 12.6. The number of hydrogen-bond donors (Lipinski definition) is 2. The molecule has 1 aromatic rings. The van der Waals surface area contributed by atoms with Crippen LogP contribution >= 0.6 is 23.2 Å². The van der Waals surface area contributed by atoms with Crippen molar-refractivity contribution < 1.29 is 9.59 Å². The van der Waals surface area contributed by atoms with Crippen molar-refractivity contribution in [1.29, 1.82) is 0 Å². The van der Waals surface area contributed by atoms with Crippen LogP contribution in [0.4, 0.5) is 0 Å². The zero-order chi connectivity index (χ0) is 19.9. The standard InChI is InChI=1S/C21H25Cl2N3O2/c1-12(25-26-20(28)17-3-2-16(22)8-18(17)23)4-19(27)24-21-9-13-5-14(10-21)7-15(6-13)11-21/h2-3,8,13-15H,4-7,9-11H2,1H3,(H,24,27)(H,26,28). The van der Waals surface area contributed by atoms with E-state index in [-0.39, 0.29) is 22.9 Å². The number of benzene rings is 1. The van der Waals surface area contributed by atoms with E-state index >= 15 is 0 Å². The lowest BCUT2D eigenvalue weighted by Crippen LogP contribution is -2.60. The smallest absolute Gasteiger partial charge is 0.272 e. The average Bonchev–Trinajstić information content (AvgIpc) is 2.57. The summed E-state index contributed by atoms with van der Waals surface area (Å²) in [6.07, 6.45) is 7.56. The number of rotatable bonds is 5. The van der Waals surface area contributed by atoms with E-state index in [0.717, 1.165) is 37.0 Å². The Kier molecular flexibility index (Phi) is 5.41. The molecule has 4 aliphatic carbocycles. The van der Waals surface area contributed by atoms with Crippen LogP contribution in [0.3, 0.4) is 0 Å². The van der Waals surface area contributed by atoms with Crippen molar-refractivity contribution in [1.82, 2.24) is 10.7 Å². The van der Waals surface area contributed by atoms with Gasteiger partial charge in [0.15, 0.2) is 0 Å². The molecule has 1 aromatic carbocycles. The SMILES string of the molecule is CC(CC(=O)NC12CC3CC(CC(C3)C1)C2)=NNC(=O)c1ccc(Cl)cc1Cl. The van der Waals surface area contributed by atoms with Gasteiger partial charge in [-0.2, -0.15) is 5.10 Å². The van der Waals surface area contributed by atoms with Crippen molar-refractivity contribution in [2.45, 2.75) is 57.4 Å². The van der Waals surface area contributed by atoms with Crippen LogP contribution in [0.5, 0.6) is 0 Å². The predicted octanol–water partition coefficient (Wildman–Crippen LogP) is 4.57. The summed E-state index contributed by atoms with van der Waals surface area (Å²) in [7, 11) is 0. The molecule has 0 unspecified atom stereocenters. The Labute approximate surface area is 175 Å². The highest BCUT2D eigenvalue weighted by Gasteiger charge is 2.51. The third-order valence-corrected chi connectivity index (χ3v) is 6.93. The van der Waals surface area contributed by atoms with Gasteiger partial charge < -0.3 is 5.32 Å². The molecule has 0 atom stereocenters. The second kappa shape index (κ2) is 7.68. The minimum Gasteiger partial charge on any atom is -0.350 e. The molecule has 4 fully saturated rings. The topological polar surface area (TPSA) is 70.6 Å². The van der Waals surface area contributed by atoms with Crippen LogP contribution in [0, 0.1) is 17.8 Å². The maximum Gasteiger partial charge on any atom is 0.272 e. The third-order valence-electron chi connectivity index (χ3n) is 6.38. The monoisotopic (exact) mass is 421 g/mol. The third kappa shape index (κ3) is 4.20. The van der Waals surface area contributed by atoms with Crippen LogP contribution in [0.1, 0.15) is 62.2 Å². The molecular weight excluding hydrogens is 397 g/mol. The molecule has 28 heavy (non-hydrogen) atoms. The number of hydrazone groups is 1. The van der Waals surface area contributed by atoms with Gasteiger partial charge in [0.1, 0.15) is 0 Å². The van der Waals surface area contributed by atoms with Gasteiger partial charge >= 0.3 is 0 Å². The fourth-order valence-electron chi connectivity index (χ4n) is 5.76. The Balaban J connectivity index is 1.32. The first-order chi connectivity index (χ1) is 13.3. The second-order valence-electron chi connectivity index (χ2n) is 8.84. The lowest BCUT2D eigenvalue weighted by Gasteiger charge is -2.56. The van der Waals surface area contributed by atoms with Gasteiger partial charge in [0.2, 0.25) is 5.91 Å². The largest absolute Gasteiger partial charge is 0.350 e. The molecule has 4 saturated carbocycles. The summed E-state index contributed by atoms with van der Waals surface area (Å²) in [5, 5.41) is 8.11. The molecule has 4 aliphatic rings. The molecule has 7 heteroatoms. The molecule has 0 spiro atoms. The Morgan fingerprint density at radius 3 is 2.29 bits per heavy atom. The zero-order valence-corrected chi connectivity index (χ0v) is 17.4. The van der Waals surface area contributed by atoms with Crippen molar-refractivity contribution in [3.8, 4) is 0 Å². The molecule has 0 aliphatic heterocycles. The molecule has 2 amide bonds. The Morgan fingerprint density at radius 2 is 1.71 bits per heavy atom. The summed E-state index contributed by atoms with van der Waals surface area (Å²) in [4.78, 5) is 24.8. The van der Waals surface area contributed by atoms with Crippen LogP contribution in [-0.4, -0.2) is 23.1 Å². The number of hydrogen-bond acceptors (Lipinski definition) is 3. The van der Waals surface area contributed by atoms with Crippen LogP contribution in [-0.2, 0) is 4.79 Å². The van der Waals surface area contributed by atoms with Crippen LogP contribution < -0.4 is 10.7 Å². The van der Waals surface area contributed by atoms with E-state index in [9.17, 15) is 9.59 Å². The van der Waals surface area contributed by atoms with E-state index in [1.165, 1.54) is 25.3 Å². The summed E-state index contributed by atoms with van der Waals surface area (Å²) < 4.78 is 0. The molecule has 150 valence electrons. The Bertz CT molecular complexity index is 802. The number of halogens is 2. The van der Waals surface area contributed by atoms with Gasteiger partial charge in [-0.25, -0.2) is 5.43 Å². The highest BCUT2D eigenvalue weighted by Crippen LogP contribution is 2.55. The molecular formula is C21H25Cl2N3O2. The average molecular weight is 422 g/mol. The lowest BCUT2D eigenvalue weighted by molar-refractivity contribution is -0.125. The Hall–Kier alpha value is -1.59. The molecule has 5 nitrogen and oxygen atoms in total. The second-order valence-corrected chi connectivity index (χ2v) is 9.68. The van der Waals surface area contributed by atoms with Crippen molar-refractivity contribution in [2.24, 2.45) is 22.9 Å². The quantitative estimate of drug-likeness (QED) is 0.539. The minimum atomic E-state index is -0.428. The van der Waals surface area contributed by atoms with E-state index in [0.29, 0.717) is 16.3 Å². The van der Waals surface area contributed by atoms with Gasteiger partial charge in [-0.3, -0.25) is 9.59 Å². The van der Waals surface area contributed by atoms with Gasteiger partial charge in [-0.1, -0.05) is 23.2 Å². The number of nitrogens with one attached hydrogen (secondary N) is 2. The summed E-state index contributed by atoms with van der Waals surface area (Å²) in [6, 6.07) is 4.65. The van der Waals surface area contributed by atoms with E-state index in [1.807, 2.05) is 0 Å². The predicted molar refractivity (Wildman–Crippen MR) is 111 cm³/mol.